The number of fused-ring (bicyclic) bond motifs is 1. The zero-order valence-electron chi connectivity index (χ0n) is 22.0. The number of nitrogens with zero attached hydrogens (tertiary/aromatic N) is 4. The van der Waals surface area contributed by atoms with Gasteiger partial charge < -0.3 is 18.8 Å². The van der Waals surface area contributed by atoms with Gasteiger partial charge in [0.15, 0.2) is 12.4 Å². The van der Waals surface area contributed by atoms with Crippen LogP contribution >= 0.6 is 0 Å². The summed E-state index contributed by atoms with van der Waals surface area (Å²) >= 11 is 0. The number of pyridine rings is 1. The quantitative estimate of drug-likeness (QED) is 0.177. The highest BCUT2D eigenvalue weighted by Gasteiger charge is 2.11. The molecule has 15 heteroatoms. The molecule has 0 unspecified atom stereocenters. The molecule has 13 nitrogen and oxygen atoms in total. The first-order chi connectivity index (χ1) is 18.2. The van der Waals surface area contributed by atoms with E-state index >= 15 is 0 Å². The molecule has 0 radical (unpaired) electrons. The van der Waals surface area contributed by atoms with Crippen LogP contribution in [0.25, 0.3) is 10.9 Å². The maximum Gasteiger partial charge on any atom is 0.243 e. The highest BCUT2D eigenvalue weighted by atomic mass is 32.3. The summed E-state index contributed by atoms with van der Waals surface area (Å²) in [4.78, 5) is 0. The van der Waals surface area contributed by atoms with E-state index in [2.05, 4.69) is 65.2 Å². The fourth-order valence-corrected chi connectivity index (χ4v) is 3.57. The van der Waals surface area contributed by atoms with Crippen molar-refractivity contribution in [2.75, 3.05) is 14.2 Å². The van der Waals surface area contributed by atoms with Crippen molar-refractivity contribution in [3.8, 4) is 5.75 Å². The molecular weight excluding hydrogens is 552 g/mol. The van der Waals surface area contributed by atoms with Crippen molar-refractivity contribution in [3.63, 3.8) is 0 Å². The van der Waals surface area contributed by atoms with Gasteiger partial charge in [0.2, 0.25) is 27.1 Å². The summed E-state index contributed by atoms with van der Waals surface area (Å²) in [7, 11) is -3.17. The van der Waals surface area contributed by atoms with Gasteiger partial charge in [-0.15, -0.1) is 0 Å². The van der Waals surface area contributed by atoms with E-state index in [0.29, 0.717) is 5.75 Å². The van der Waals surface area contributed by atoms with Crippen LogP contribution in [0.3, 0.4) is 0 Å². The zero-order valence-corrected chi connectivity index (χ0v) is 23.6. The van der Waals surface area contributed by atoms with Gasteiger partial charge in [-0.2, -0.15) is 0 Å². The lowest BCUT2D eigenvalue weighted by Gasteiger charge is -2.08. The first-order valence-electron chi connectivity index (χ1n) is 11.5. The SMILES string of the molecule is COS(=O)(=O)[O-].COS(=O)(=O)[O-].C[n+]1ccc(Cc2ccc3c(ccn3CCCn3cc[n+](C)c3)c2O)cc1. The van der Waals surface area contributed by atoms with E-state index < -0.39 is 20.8 Å². The number of rotatable bonds is 8. The Hall–Kier alpha value is -3.34. The van der Waals surface area contributed by atoms with Gasteiger partial charge in [-0.3, -0.25) is 8.37 Å². The van der Waals surface area contributed by atoms with Crippen LogP contribution in [0.2, 0.25) is 0 Å². The van der Waals surface area contributed by atoms with Crippen LogP contribution in [0.4, 0.5) is 0 Å². The van der Waals surface area contributed by atoms with Crippen molar-refractivity contribution >= 4 is 31.7 Å². The van der Waals surface area contributed by atoms with Crippen molar-refractivity contribution in [2.24, 2.45) is 14.1 Å². The Morgan fingerprint density at radius 3 is 1.95 bits per heavy atom. The molecule has 0 saturated heterocycles. The van der Waals surface area contributed by atoms with Gasteiger partial charge in [-0.25, -0.2) is 30.5 Å². The molecular formula is C24H32N4O9S2. The van der Waals surface area contributed by atoms with Crippen molar-refractivity contribution in [2.45, 2.75) is 25.9 Å². The predicted molar refractivity (Wildman–Crippen MR) is 138 cm³/mol. The summed E-state index contributed by atoms with van der Waals surface area (Å²) in [6.45, 7) is 1.91. The van der Waals surface area contributed by atoms with Crippen LogP contribution in [-0.4, -0.2) is 54.4 Å². The van der Waals surface area contributed by atoms with E-state index in [9.17, 15) is 31.0 Å². The molecule has 0 aliphatic heterocycles. The van der Waals surface area contributed by atoms with E-state index in [4.69, 9.17) is 0 Å². The molecule has 4 aromatic rings. The largest absolute Gasteiger partial charge is 0.726 e. The van der Waals surface area contributed by atoms with Crippen molar-refractivity contribution in [3.05, 3.63) is 78.8 Å². The summed E-state index contributed by atoms with van der Waals surface area (Å²) in [5, 5.41) is 11.7. The number of aryl methyl sites for hydroxylation is 4. The highest BCUT2D eigenvalue weighted by molar-refractivity contribution is 7.81. The fourth-order valence-electron chi connectivity index (χ4n) is 3.57. The third-order valence-electron chi connectivity index (χ3n) is 5.50. The van der Waals surface area contributed by atoms with Crippen LogP contribution in [0, 0.1) is 0 Å². The van der Waals surface area contributed by atoms with E-state index in [1.807, 2.05) is 43.2 Å². The lowest BCUT2D eigenvalue weighted by molar-refractivity contribution is -0.671. The Morgan fingerprint density at radius 1 is 0.846 bits per heavy atom. The molecule has 39 heavy (non-hydrogen) atoms. The summed E-state index contributed by atoms with van der Waals surface area (Å²) in [6, 6.07) is 10.4. The summed E-state index contributed by atoms with van der Waals surface area (Å²) in [6.07, 6.45) is 14.2. The molecule has 3 heterocycles. The number of hydrogen-bond acceptors (Lipinski definition) is 9. The first-order valence-corrected chi connectivity index (χ1v) is 14.2. The van der Waals surface area contributed by atoms with E-state index in [1.54, 1.807) is 0 Å². The Morgan fingerprint density at radius 2 is 1.44 bits per heavy atom. The van der Waals surface area contributed by atoms with Crippen LogP contribution < -0.4 is 9.13 Å². The molecule has 0 spiro atoms. The Balaban J connectivity index is 0.000000374. The topological polar surface area (TPSA) is 171 Å². The van der Waals surface area contributed by atoms with Gasteiger partial charge in [-0.05, 0) is 23.3 Å². The second kappa shape index (κ2) is 14.2. The van der Waals surface area contributed by atoms with Gasteiger partial charge in [-0.1, -0.05) is 6.07 Å². The molecule has 0 fully saturated rings. The number of aromatic nitrogens is 4. The zero-order chi connectivity index (χ0) is 29.2. The minimum Gasteiger partial charge on any atom is -0.726 e. The first kappa shape index (κ1) is 31.9. The third-order valence-corrected chi connectivity index (χ3v) is 6.31. The molecule has 214 valence electrons. The summed E-state index contributed by atoms with van der Waals surface area (Å²) < 4.78 is 70.5. The lowest BCUT2D eigenvalue weighted by atomic mass is 10.0. The van der Waals surface area contributed by atoms with Crippen LogP contribution in [0.15, 0.2) is 67.6 Å². The van der Waals surface area contributed by atoms with Crippen molar-refractivity contribution < 1.29 is 48.5 Å². The second-order valence-corrected chi connectivity index (χ2v) is 10.7. The van der Waals surface area contributed by atoms with E-state index in [-0.39, 0.29) is 0 Å². The molecule has 1 N–H and O–H groups in total. The molecule has 0 saturated carbocycles. The maximum atomic E-state index is 10.8. The van der Waals surface area contributed by atoms with Crippen LogP contribution in [-0.2, 0) is 62.8 Å². The standard InChI is InChI=1S/C22H25N4O.2CH4O4S/c1-23-11-6-18(7-12-23)16-19-4-5-21-20(22(19)27)8-13-26(21)10-3-9-25-15-14-24(2)17-25;2*1-5-6(2,3)4/h4-8,11-15,17H,3,9-10,16H2,1-2H3;2*1H3,(H,2,3,4)/q+1;;/p-1. The van der Waals surface area contributed by atoms with Gasteiger partial charge in [0.25, 0.3) is 0 Å². The number of imidazole rings is 1. The van der Waals surface area contributed by atoms with Gasteiger partial charge in [0.1, 0.15) is 25.2 Å². The lowest BCUT2D eigenvalue weighted by Crippen LogP contribution is -2.25. The van der Waals surface area contributed by atoms with Crippen LogP contribution in [0.5, 0.6) is 5.75 Å². The highest BCUT2D eigenvalue weighted by Crippen LogP contribution is 2.31. The minimum atomic E-state index is -4.41. The third kappa shape index (κ3) is 11.1. The number of hydrogen-bond donors (Lipinski definition) is 1. The maximum absolute atomic E-state index is 10.8. The van der Waals surface area contributed by atoms with Crippen LogP contribution in [0.1, 0.15) is 17.5 Å². The summed E-state index contributed by atoms with van der Waals surface area (Å²) in [5.41, 5.74) is 3.25. The Bertz CT molecular complexity index is 1530. The predicted octanol–water partition coefficient (Wildman–Crippen LogP) is 0.665. The molecule has 4 rings (SSSR count). The monoisotopic (exact) mass is 584 g/mol. The number of benzene rings is 1. The number of aromatic hydroxyl groups is 1. The molecule has 0 amide bonds. The average Bonchev–Trinajstić information content (AvgIpc) is 3.48. The summed E-state index contributed by atoms with van der Waals surface area (Å²) in [5.74, 6) is 0.400. The second-order valence-electron chi connectivity index (χ2n) is 8.38. The smallest absolute Gasteiger partial charge is 0.243 e. The van der Waals surface area contributed by atoms with Crippen molar-refractivity contribution in [1.82, 2.24) is 9.13 Å². The van der Waals surface area contributed by atoms with Gasteiger partial charge in [0, 0.05) is 43.1 Å². The van der Waals surface area contributed by atoms with E-state index in [0.717, 1.165) is 56.6 Å². The molecule has 0 aliphatic rings. The molecule has 3 aromatic heterocycles. The Kier molecular flexibility index (Phi) is 11.6. The van der Waals surface area contributed by atoms with E-state index in [1.165, 1.54) is 5.56 Å². The molecule has 0 bridgehead atoms. The number of phenolic OH excluding ortho intramolecular Hbond substituents is 1. The van der Waals surface area contributed by atoms with Gasteiger partial charge in [0.05, 0.1) is 33.3 Å². The number of phenols is 1. The molecule has 1 aromatic carbocycles. The average molecular weight is 585 g/mol. The minimum absolute atomic E-state index is 0.400. The van der Waals surface area contributed by atoms with Gasteiger partial charge >= 0.3 is 0 Å². The fraction of sp³-hybridized carbons (Fsp3) is 0.333. The Labute approximate surface area is 228 Å². The van der Waals surface area contributed by atoms with Crippen molar-refractivity contribution in [1.29, 1.82) is 0 Å². The molecule has 0 atom stereocenters. The molecule has 0 aliphatic carbocycles. The normalized spacial score (nSPS) is 11.4.